The Bertz CT molecular complexity index is 170. The van der Waals surface area contributed by atoms with E-state index in [2.05, 4.69) is 12.1 Å². The molecule has 1 rings (SSSR count). The Balaban J connectivity index is 0. The molecular weight excluding hydrogens is 150 g/mol. The summed E-state index contributed by atoms with van der Waals surface area (Å²) < 4.78 is 0. The topological polar surface area (TPSA) is 40.5 Å². The van der Waals surface area contributed by atoms with Gasteiger partial charge in [0.2, 0.25) is 0 Å². The number of phenolic OH excluding ortho intramolecular Hbond substituents is 2. The summed E-state index contributed by atoms with van der Waals surface area (Å²) in [6.45, 7) is 0. The molecule has 0 bridgehead atoms. The van der Waals surface area contributed by atoms with E-state index in [4.69, 9.17) is 10.2 Å². The van der Waals surface area contributed by atoms with Crippen molar-refractivity contribution in [3.63, 3.8) is 0 Å². The molecule has 0 aromatic heterocycles. The van der Waals surface area contributed by atoms with E-state index < -0.39 is 0 Å². The summed E-state index contributed by atoms with van der Waals surface area (Å²) in [6.07, 6.45) is 0. The van der Waals surface area contributed by atoms with Gasteiger partial charge in [0, 0.05) is 0 Å². The molecule has 0 radical (unpaired) electrons. The zero-order valence-electron chi connectivity index (χ0n) is 6.05. The van der Waals surface area contributed by atoms with Crippen LogP contribution >= 0.6 is 0 Å². The van der Waals surface area contributed by atoms with Crippen LogP contribution < -0.4 is 59.1 Å². The predicted molar refractivity (Wildman–Crippen MR) is 27.4 cm³/mol. The summed E-state index contributed by atoms with van der Waals surface area (Å²) in [7, 11) is 0. The van der Waals surface area contributed by atoms with Crippen LogP contribution in [0.15, 0.2) is 12.1 Å². The van der Waals surface area contributed by atoms with Crippen LogP contribution in [0.1, 0.15) is 0 Å². The normalized spacial score (nSPS) is 7.20. The molecular formula is C6H4Na2O2. The second-order valence-electron chi connectivity index (χ2n) is 1.33. The van der Waals surface area contributed by atoms with E-state index in [0.29, 0.717) is 0 Å². The van der Waals surface area contributed by atoms with E-state index >= 15 is 0 Å². The maximum atomic E-state index is 8.61. The Morgan fingerprint density at radius 2 is 1.80 bits per heavy atom. The minimum absolute atomic E-state index is 0. The van der Waals surface area contributed by atoms with Gasteiger partial charge in [0.15, 0.2) is 0 Å². The van der Waals surface area contributed by atoms with Crippen LogP contribution in [0, 0.1) is 12.1 Å². The number of hydrogen-bond acceptors (Lipinski definition) is 2. The van der Waals surface area contributed by atoms with Crippen molar-refractivity contribution in [3.05, 3.63) is 24.3 Å². The van der Waals surface area contributed by atoms with Crippen LogP contribution in [0.3, 0.4) is 0 Å². The number of phenols is 2. The Hall–Kier alpha value is 0.820. The first kappa shape index (κ1) is 13.4. The molecule has 0 fully saturated rings. The Morgan fingerprint density at radius 1 is 1.20 bits per heavy atom. The van der Waals surface area contributed by atoms with Crippen molar-refractivity contribution in [1.29, 1.82) is 0 Å². The maximum absolute atomic E-state index is 8.61. The van der Waals surface area contributed by atoms with E-state index in [1.807, 2.05) is 0 Å². The molecule has 42 valence electrons. The Labute approximate surface area is 104 Å². The average molecular weight is 154 g/mol. The Morgan fingerprint density at radius 3 is 2.10 bits per heavy atom. The fourth-order valence-corrected chi connectivity index (χ4v) is 0.373. The quantitative estimate of drug-likeness (QED) is 0.222. The molecule has 1 aromatic carbocycles. The summed E-state index contributed by atoms with van der Waals surface area (Å²) in [5.74, 6) is -0.420. The van der Waals surface area contributed by atoms with Crippen molar-refractivity contribution in [3.8, 4) is 11.5 Å². The van der Waals surface area contributed by atoms with E-state index in [9.17, 15) is 0 Å². The fourth-order valence-electron chi connectivity index (χ4n) is 0.373. The first-order valence-electron chi connectivity index (χ1n) is 2.10. The van der Waals surface area contributed by atoms with Gasteiger partial charge in [-0.15, -0.1) is 0 Å². The molecule has 0 saturated carbocycles. The molecule has 0 unspecified atom stereocenters. The summed E-state index contributed by atoms with van der Waals surface area (Å²) >= 11 is 0. The SMILES string of the molecule is Oc1[c-]c[c-]cc1O.[Na+].[Na+]. The van der Waals surface area contributed by atoms with Crippen LogP contribution in [0.25, 0.3) is 0 Å². The van der Waals surface area contributed by atoms with Gasteiger partial charge in [-0.25, -0.2) is 0 Å². The molecule has 2 N–H and O–H groups in total. The third-order valence-corrected chi connectivity index (χ3v) is 0.755. The van der Waals surface area contributed by atoms with Gasteiger partial charge in [-0.2, -0.15) is 0 Å². The summed E-state index contributed by atoms with van der Waals surface area (Å²) in [6, 6.07) is 7.55. The summed E-state index contributed by atoms with van der Waals surface area (Å²) in [5.41, 5.74) is 0. The van der Waals surface area contributed by atoms with Gasteiger partial charge in [-0.1, -0.05) is 11.5 Å². The molecule has 0 aliphatic heterocycles. The zero-order chi connectivity index (χ0) is 5.98. The van der Waals surface area contributed by atoms with Gasteiger partial charge in [0.05, 0.1) is 0 Å². The van der Waals surface area contributed by atoms with Crippen LogP contribution in [0.5, 0.6) is 11.5 Å². The molecule has 0 atom stereocenters. The standard InChI is InChI=1S/C6H4O2.2Na/c7-5-3-1-2-4-6(5)8;;/h1,4,7-8H;;/q-2;2*+1. The first-order valence-corrected chi connectivity index (χ1v) is 2.10. The van der Waals surface area contributed by atoms with Gasteiger partial charge in [-0.3, -0.25) is 6.07 Å². The molecule has 0 heterocycles. The van der Waals surface area contributed by atoms with Crippen LogP contribution in [0.4, 0.5) is 0 Å². The second-order valence-corrected chi connectivity index (χ2v) is 1.33. The van der Waals surface area contributed by atoms with Gasteiger partial charge in [0.25, 0.3) is 0 Å². The van der Waals surface area contributed by atoms with Crippen LogP contribution in [0.2, 0.25) is 0 Å². The van der Waals surface area contributed by atoms with Crippen molar-refractivity contribution < 1.29 is 69.3 Å². The van der Waals surface area contributed by atoms with Crippen LogP contribution in [-0.4, -0.2) is 10.2 Å². The second kappa shape index (κ2) is 6.53. The smallest absolute Gasteiger partial charge is 0.619 e. The van der Waals surface area contributed by atoms with Gasteiger partial charge in [-0.05, 0) is 0 Å². The largest absolute Gasteiger partial charge is 1.00 e. The molecule has 0 aliphatic rings. The molecule has 0 spiro atoms. The number of benzene rings is 1. The minimum atomic E-state index is -0.233. The van der Waals surface area contributed by atoms with Crippen LogP contribution in [-0.2, 0) is 0 Å². The number of aromatic hydroxyl groups is 2. The minimum Gasteiger partial charge on any atom is -0.619 e. The van der Waals surface area contributed by atoms with E-state index in [0.717, 1.165) is 0 Å². The molecule has 10 heavy (non-hydrogen) atoms. The molecule has 4 heteroatoms. The number of rotatable bonds is 0. The molecule has 0 aliphatic carbocycles. The van der Waals surface area contributed by atoms with E-state index in [-0.39, 0.29) is 70.6 Å². The van der Waals surface area contributed by atoms with Gasteiger partial charge in [0.1, 0.15) is 0 Å². The predicted octanol–water partition coefficient (Wildman–Crippen LogP) is -5.29. The van der Waals surface area contributed by atoms with Gasteiger partial charge >= 0.3 is 59.1 Å². The van der Waals surface area contributed by atoms with Crippen molar-refractivity contribution >= 4 is 0 Å². The van der Waals surface area contributed by atoms with E-state index in [1.165, 1.54) is 12.1 Å². The average Bonchev–Trinajstić information content (AvgIpc) is 1.77. The third-order valence-electron chi connectivity index (χ3n) is 0.755. The van der Waals surface area contributed by atoms with Gasteiger partial charge < -0.3 is 28.4 Å². The number of hydrogen-bond donors (Lipinski definition) is 2. The monoisotopic (exact) mass is 154 g/mol. The van der Waals surface area contributed by atoms with Crippen molar-refractivity contribution in [2.75, 3.05) is 0 Å². The van der Waals surface area contributed by atoms with E-state index in [1.54, 1.807) is 0 Å². The fraction of sp³-hybridized carbons (Fsp3) is 0. The molecule has 1 aromatic rings. The summed E-state index contributed by atoms with van der Waals surface area (Å²) in [5, 5.41) is 17.2. The Kier molecular flexibility index (Phi) is 8.75. The molecule has 0 saturated heterocycles. The van der Waals surface area contributed by atoms with Crippen molar-refractivity contribution in [1.82, 2.24) is 0 Å². The third kappa shape index (κ3) is 3.86. The first-order chi connectivity index (χ1) is 3.80. The molecule has 2 nitrogen and oxygen atoms in total. The van der Waals surface area contributed by atoms with Crippen molar-refractivity contribution in [2.45, 2.75) is 0 Å². The molecule has 0 amide bonds. The van der Waals surface area contributed by atoms with Crippen molar-refractivity contribution in [2.24, 2.45) is 0 Å². The summed E-state index contributed by atoms with van der Waals surface area (Å²) in [4.78, 5) is 0. The zero-order valence-corrected chi connectivity index (χ0v) is 10.0. The maximum Gasteiger partial charge on any atom is 1.00 e.